The molecule has 0 aromatic heterocycles. The molecule has 1 amide bonds. The third-order valence-corrected chi connectivity index (χ3v) is 6.66. The van der Waals surface area contributed by atoms with Gasteiger partial charge in [-0.15, -0.1) is 11.6 Å². The Hall–Kier alpha value is -2.23. The standard InChI is InChI=1S/C21H30ClN3O10S/c1-20(2,3)35-19(26)24(36(29,30)23-11-10-22)18-17-16(33-21(4,5)34-17)15(32-18)12-31-14-8-6-13(7-9-14)25(27)28/h6-9,15-18,23H,10-12H2,1-5H3/t15-,16-,17-,18+/m1/s1. The number of fused-ring (bicyclic) bond motifs is 1. The van der Waals surface area contributed by atoms with Gasteiger partial charge in [0.2, 0.25) is 0 Å². The fourth-order valence-corrected chi connectivity index (χ4v) is 5.09. The highest BCUT2D eigenvalue weighted by molar-refractivity contribution is 7.87. The number of carbonyl (C=O) groups excluding carboxylic acids is 1. The molecule has 2 aliphatic rings. The summed E-state index contributed by atoms with van der Waals surface area (Å²) >= 11 is 5.64. The first-order valence-electron chi connectivity index (χ1n) is 11.1. The Morgan fingerprint density at radius 3 is 2.39 bits per heavy atom. The van der Waals surface area contributed by atoms with Gasteiger partial charge in [0.1, 0.15) is 36.3 Å². The molecule has 0 saturated carbocycles. The van der Waals surface area contributed by atoms with Crippen LogP contribution in [0.2, 0.25) is 0 Å². The number of nitrogens with zero attached hydrogens (tertiary/aromatic N) is 2. The maximum atomic E-state index is 13.1. The first-order chi connectivity index (χ1) is 16.6. The molecule has 0 radical (unpaired) electrons. The molecule has 1 aromatic carbocycles. The van der Waals surface area contributed by atoms with Gasteiger partial charge < -0.3 is 23.7 Å². The van der Waals surface area contributed by atoms with Crippen molar-refractivity contribution >= 4 is 33.6 Å². The molecule has 15 heteroatoms. The van der Waals surface area contributed by atoms with Crippen molar-refractivity contribution in [1.29, 1.82) is 0 Å². The van der Waals surface area contributed by atoms with Gasteiger partial charge in [-0.3, -0.25) is 10.1 Å². The van der Waals surface area contributed by atoms with Crippen LogP contribution in [-0.2, 0) is 29.2 Å². The fraction of sp³-hybridized carbons (Fsp3) is 0.667. The summed E-state index contributed by atoms with van der Waals surface area (Å²) < 4.78 is 57.8. The van der Waals surface area contributed by atoms with E-state index < -0.39 is 57.2 Å². The number of amides is 1. The maximum absolute atomic E-state index is 13.1. The fourth-order valence-electron chi connectivity index (χ4n) is 3.71. The summed E-state index contributed by atoms with van der Waals surface area (Å²) in [7, 11) is -4.46. The summed E-state index contributed by atoms with van der Waals surface area (Å²) in [6.45, 7) is 7.83. The van der Waals surface area contributed by atoms with E-state index in [1.165, 1.54) is 24.3 Å². The lowest BCUT2D eigenvalue weighted by atomic mass is 10.1. The quantitative estimate of drug-likeness (QED) is 0.275. The summed E-state index contributed by atoms with van der Waals surface area (Å²) in [4.78, 5) is 23.4. The number of alkyl halides is 1. The number of non-ortho nitro benzene ring substituents is 1. The van der Waals surface area contributed by atoms with Crippen LogP contribution in [0, 0.1) is 10.1 Å². The lowest BCUT2D eigenvalue weighted by Crippen LogP contribution is -2.55. The van der Waals surface area contributed by atoms with Crippen LogP contribution in [0.5, 0.6) is 5.75 Å². The summed E-state index contributed by atoms with van der Waals surface area (Å²) in [5, 5.41) is 10.9. The first-order valence-corrected chi connectivity index (χ1v) is 13.1. The zero-order valence-electron chi connectivity index (χ0n) is 20.5. The van der Waals surface area contributed by atoms with E-state index in [0.717, 1.165) is 0 Å². The van der Waals surface area contributed by atoms with Gasteiger partial charge in [-0.2, -0.15) is 17.4 Å². The van der Waals surface area contributed by atoms with Crippen LogP contribution >= 0.6 is 11.6 Å². The lowest BCUT2D eigenvalue weighted by molar-refractivity contribution is -0.384. The zero-order valence-corrected chi connectivity index (χ0v) is 22.1. The van der Waals surface area contributed by atoms with Crippen LogP contribution in [0.4, 0.5) is 10.5 Å². The molecule has 202 valence electrons. The molecule has 13 nitrogen and oxygen atoms in total. The molecule has 2 fully saturated rings. The van der Waals surface area contributed by atoms with Crippen LogP contribution in [-0.4, -0.2) is 78.7 Å². The molecular weight excluding hydrogens is 522 g/mol. The molecule has 36 heavy (non-hydrogen) atoms. The Morgan fingerprint density at radius 2 is 1.83 bits per heavy atom. The van der Waals surface area contributed by atoms with Crippen LogP contribution in [0.1, 0.15) is 34.6 Å². The van der Waals surface area contributed by atoms with Crippen LogP contribution < -0.4 is 9.46 Å². The normalized spacial score (nSPS) is 25.3. The van der Waals surface area contributed by atoms with E-state index in [1.54, 1.807) is 34.6 Å². The highest BCUT2D eigenvalue weighted by Crippen LogP contribution is 2.41. The van der Waals surface area contributed by atoms with Crippen molar-refractivity contribution in [3.63, 3.8) is 0 Å². The summed E-state index contributed by atoms with van der Waals surface area (Å²) in [5.74, 6) is -0.810. The van der Waals surface area contributed by atoms with Gasteiger partial charge in [0.05, 0.1) is 4.92 Å². The molecule has 2 aliphatic heterocycles. The molecule has 3 rings (SSSR count). The number of hydrogen-bond acceptors (Lipinski definition) is 10. The second-order valence-electron chi connectivity index (χ2n) is 9.56. The molecule has 0 bridgehead atoms. The van der Waals surface area contributed by atoms with Gasteiger partial charge in [0, 0.05) is 24.6 Å². The van der Waals surface area contributed by atoms with Crippen molar-refractivity contribution in [3.8, 4) is 5.75 Å². The molecule has 0 aliphatic carbocycles. The molecule has 2 saturated heterocycles. The lowest BCUT2D eigenvalue weighted by Gasteiger charge is -2.33. The van der Waals surface area contributed by atoms with E-state index in [0.29, 0.717) is 10.1 Å². The Kier molecular flexibility index (Phi) is 8.37. The minimum Gasteiger partial charge on any atom is -0.491 e. The number of nitro benzene ring substituents is 1. The molecular formula is C21H30ClN3O10S. The van der Waals surface area contributed by atoms with Crippen molar-refractivity contribution < 1.29 is 41.8 Å². The Balaban J connectivity index is 1.87. The van der Waals surface area contributed by atoms with Gasteiger partial charge in [-0.25, -0.2) is 4.79 Å². The van der Waals surface area contributed by atoms with Crippen molar-refractivity contribution in [2.45, 2.75) is 70.5 Å². The van der Waals surface area contributed by atoms with Gasteiger partial charge >= 0.3 is 16.3 Å². The number of rotatable bonds is 9. The van der Waals surface area contributed by atoms with Crippen LogP contribution in [0.15, 0.2) is 24.3 Å². The van der Waals surface area contributed by atoms with Crippen LogP contribution in [0.3, 0.4) is 0 Å². The van der Waals surface area contributed by atoms with Crippen molar-refractivity contribution in [1.82, 2.24) is 9.03 Å². The van der Waals surface area contributed by atoms with Gasteiger partial charge in [0.25, 0.3) is 5.69 Å². The van der Waals surface area contributed by atoms with E-state index in [2.05, 4.69) is 4.72 Å². The molecule has 0 unspecified atom stereocenters. The highest BCUT2D eigenvalue weighted by atomic mass is 35.5. The predicted molar refractivity (Wildman–Crippen MR) is 127 cm³/mol. The third-order valence-electron chi connectivity index (χ3n) is 5.03. The second kappa shape index (κ2) is 10.6. The van der Waals surface area contributed by atoms with Crippen molar-refractivity contribution in [3.05, 3.63) is 34.4 Å². The van der Waals surface area contributed by atoms with E-state index >= 15 is 0 Å². The second-order valence-corrected chi connectivity index (χ2v) is 11.6. The van der Waals surface area contributed by atoms with Gasteiger partial charge in [0.15, 0.2) is 12.0 Å². The van der Waals surface area contributed by atoms with E-state index in [4.69, 9.17) is 35.3 Å². The Labute approximate surface area is 214 Å². The maximum Gasteiger partial charge on any atom is 0.427 e. The minimum atomic E-state index is -4.46. The highest BCUT2D eigenvalue weighted by Gasteiger charge is 2.60. The predicted octanol–water partition coefficient (Wildman–Crippen LogP) is 2.53. The number of carbonyl (C=O) groups is 1. The number of halogens is 1. The number of nitrogens with one attached hydrogen (secondary N) is 1. The minimum absolute atomic E-state index is 0.0304. The molecule has 1 N–H and O–H groups in total. The number of hydrogen-bond donors (Lipinski definition) is 1. The average molecular weight is 552 g/mol. The SMILES string of the molecule is CC(C)(C)OC(=O)N([C@H]1O[C@H](COc2ccc([N+](=O)[O-])cc2)[C@H]2OC(C)(C)O[C@H]21)S(=O)(=O)NCCCl. The summed E-state index contributed by atoms with van der Waals surface area (Å²) in [6.07, 6.45) is -5.25. The molecule has 1 aromatic rings. The smallest absolute Gasteiger partial charge is 0.427 e. The Morgan fingerprint density at radius 1 is 1.22 bits per heavy atom. The number of benzene rings is 1. The third kappa shape index (κ3) is 6.75. The van der Waals surface area contributed by atoms with E-state index in [-0.39, 0.29) is 24.7 Å². The van der Waals surface area contributed by atoms with Crippen molar-refractivity contribution in [2.24, 2.45) is 0 Å². The zero-order chi connectivity index (χ0) is 26.9. The van der Waals surface area contributed by atoms with Crippen molar-refractivity contribution in [2.75, 3.05) is 19.0 Å². The van der Waals surface area contributed by atoms with E-state index in [1.807, 2.05) is 0 Å². The van der Waals surface area contributed by atoms with Crippen LogP contribution in [0.25, 0.3) is 0 Å². The molecule has 2 heterocycles. The number of nitro groups is 1. The average Bonchev–Trinajstić information content (AvgIpc) is 3.23. The van der Waals surface area contributed by atoms with E-state index in [9.17, 15) is 23.3 Å². The molecule has 4 atom stereocenters. The summed E-state index contributed by atoms with van der Waals surface area (Å²) in [5.41, 5.74) is -1.10. The number of ether oxygens (including phenoxy) is 5. The molecule has 0 spiro atoms. The first kappa shape index (κ1) is 28.3. The van der Waals surface area contributed by atoms with Gasteiger partial charge in [-0.1, -0.05) is 0 Å². The summed E-state index contributed by atoms with van der Waals surface area (Å²) in [6, 6.07) is 5.42. The Bertz CT molecular complexity index is 1060. The largest absolute Gasteiger partial charge is 0.491 e. The van der Waals surface area contributed by atoms with Gasteiger partial charge in [-0.05, 0) is 46.8 Å². The topological polar surface area (TPSA) is 156 Å². The monoisotopic (exact) mass is 551 g/mol.